The summed E-state index contributed by atoms with van der Waals surface area (Å²) >= 11 is 0. The van der Waals surface area contributed by atoms with Crippen molar-refractivity contribution >= 4 is 18.3 Å². The summed E-state index contributed by atoms with van der Waals surface area (Å²) in [5.74, 6) is -1.07. The van der Waals surface area contributed by atoms with E-state index in [9.17, 15) is 13.6 Å². The minimum atomic E-state index is -0.877. The molecule has 0 radical (unpaired) electrons. The Hall–Kier alpha value is -2.38. The van der Waals surface area contributed by atoms with Crippen LogP contribution < -0.4 is 20.1 Å². The van der Waals surface area contributed by atoms with E-state index in [0.29, 0.717) is 42.2 Å². The third-order valence-electron chi connectivity index (χ3n) is 4.90. The van der Waals surface area contributed by atoms with Crippen LogP contribution in [0.1, 0.15) is 35.2 Å². The van der Waals surface area contributed by atoms with Crippen molar-refractivity contribution in [2.75, 3.05) is 26.8 Å². The van der Waals surface area contributed by atoms with Crippen LogP contribution in [-0.4, -0.2) is 38.8 Å². The van der Waals surface area contributed by atoms with Crippen LogP contribution in [0.3, 0.4) is 0 Å². The fourth-order valence-electron chi connectivity index (χ4n) is 3.49. The number of amides is 1. The minimum absolute atomic E-state index is 0. The van der Waals surface area contributed by atoms with Gasteiger partial charge in [-0.05, 0) is 55.8 Å². The lowest BCUT2D eigenvalue weighted by atomic mass is 9.85. The molecule has 5 nitrogen and oxygen atoms in total. The highest BCUT2D eigenvalue weighted by Gasteiger charge is 2.29. The predicted molar refractivity (Wildman–Crippen MR) is 109 cm³/mol. The molecule has 2 atom stereocenters. The summed E-state index contributed by atoms with van der Waals surface area (Å²) in [6.07, 6.45) is 0.711. The minimum Gasteiger partial charge on any atom is -0.493 e. The topological polar surface area (TPSA) is 59.6 Å². The molecule has 0 aliphatic carbocycles. The monoisotopic (exact) mass is 426 g/mol. The molecular formula is C21H25ClF2N2O3. The van der Waals surface area contributed by atoms with Gasteiger partial charge in [0, 0.05) is 24.1 Å². The lowest BCUT2D eigenvalue weighted by Gasteiger charge is -2.33. The van der Waals surface area contributed by atoms with Crippen LogP contribution >= 0.6 is 12.4 Å². The Morgan fingerprint density at radius 1 is 1.17 bits per heavy atom. The van der Waals surface area contributed by atoms with Crippen molar-refractivity contribution in [1.29, 1.82) is 0 Å². The number of ether oxygens (including phenoxy) is 2. The normalized spacial score (nSPS) is 18.5. The van der Waals surface area contributed by atoms with E-state index in [1.54, 1.807) is 24.3 Å². The molecule has 1 fully saturated rings. The number of nitrogens with one attached hydrogen (secondary N) is 2. The van der Waals surface area contributed by atoms with E-state index in [-0.39, 0.29) is 30.3 Å². The van der Waals surface area contributed by atoms with Crippen molar-refractivity contribution < 1.29 is 23.0 Å². The maximum absolute atomic E-state index is 13.7. The molecule has 2 aromatic rings. The lowest BCUT2D eigenvalue weighted by molar-refractivity contribution is 0.0924. The highest BCUT2D eigenvalue weighted by Crippen LogP contribution is 2.29. The summed E-state index contributed by atoms with van der Waals surface area (Å²) in [5, 5.41) is 6.25. The molecule has 158 valence electrons. The lowest BCUT2D eigenvalue weighted by Crippen LogP contribution is -2.50. The van der Waals surface area contributed by atoms with Gasteiger partial charge in [-0.2, -0.15) is 0 Å². The molecule has 1 aliphatic heterocycles. The maximum Gasteiger partial charge on any atom is 0.251 e. The molecule has 0 spiro atoms. The molecule has 0 bridgehead atoms. The molecule has 2 aromatic carbocycles. The largest absolute Gasteiger partial charge is 0.493 e. The average Bonchev–Trinajstić information content (AvgIpc) is 2.71. The molecular weight excluding hydrogens is 402 g/mol. The summed E-state index contributed by atoms with van der Waals surface area (Å²) in [7, 11) is 1.52. The zero-order chi connectivity index (χ0) is 20.1. The second-order valence-electron chi connectivity index (χ2n) is 6.65. The Balaban J connectivity index is 0.00000300. The molecule has 3 rings (SSSR count). The second-order valence-corrected chi connectivity index (χ2v) is 6.65. The Morgan fingerprint density at radius 3 is 2.66 bits per heavy atom. The molecule has 0 aromatic heterocycles. The highest BCUT2D eigenvalue weighted by atomic mass is 35.5. The first-order valence-corrected chi connectivity index (χ1v) is 9.30. The van der Waals surface area contributed by atoms with Crippen molar-refractivity contribution in [2.24, 2.45) is 0 Å². The molecule has 29 heavy (non-hydrogen) atoms. The van der Waals surface area contributed by atoms with Crippen LogP contribution in [0, 0.1) is 11.6 Å². The fourth-order valence-corrected chi connectivity index (χ4v) is 3.49. The van der Waals surface area contributed by atoms with Gasteiger partial charge in [0.2, 0.25) is 0 Å². The van der Waals surface area contributed by atoms with Crippen molar-refractivity contribution in [1.82, 2.24) is 10.6 Å². The molecule has 1 aliphatic rings. The van der Waals surface area contributed by atoms with Crippen LogP contribution in [0.25, 0.3) is 0 Å². The first kappa shape index (κ1) is 22.9. The summed E-state index contributed by atoms with van der Waals surface area (Å²) in [5.41, 5.74) is 1.12. The Bertz CT molecular complexity index is 851. The van der Waals surface area contributed by atoms with E-state index >= 15 is 0 Å². The van der Waals surface area contributed by atoms with Crippen LogP contribution in [0.2, 0.25) is 0 Å². The zero-order valence-corrected chi connectivity index (χ0v) is 17.2. The molecule has 8 heteroatoms. The van der Waals surface area contributed by atoms with Gasteiger partial charge in [-0.15, -0.1) is 12.4 Å². The van der Waals surface area contributed by atoms with Gasteiger partial charge >= 0.3 is 0 Å². The standard InChI is InChI=1S/C21H24F2N2O3.ClH/c1-3-28-19-7-5-14(11-20(19)27-2)21(26)25-18-12-24-9-8-15(18)13-4-6-16(22)17(23)10-13;/h4-7,10-11,15,18,24H,3,8-9,12H2,1-2H3,(H,25,26);1H. The van der Waals surface area contributed by atoms with E-state index in [2.05, 4.69) is 10.6 Å². The summed E-state index contributed by atoms with van der Waals surface area (Å²) in [6, 6.07) is 8.67. The number of carbonyl (C=O) groups excluding carboxylic acids is 1. The van der Waals surface area contributed by atoms with Gasteiger partial charge in [0.05, 0.1) is 13.7 Å². The quantitative estimate of drug-likeness (QED) is 0.740. The highest BCUT2D eigenvalue weighted by molar-refractivity contribution is 5.95. The zero-order valence-electron chi connectivity index (χ0n) is 16.3. The van der Waals surface area contributed by atoms with E-state index < -0.39 is 11.6 Å². The third kappa shape index (κ3) is 5.36. The Kier molecular flexibility index (Phi) is 8.22. The Labute approximate surface area is 175 Å². The van der Waals surface area contributed by atoms with Gasteiger partial charge < -0.3 is 20.1 Å². The number of hydrogen-bond acceptors (Lipinski definition) is 4. The maximum atomic E-state index is 13.7. The van der Waals surface area contributed by atoms with Crippen molar-refractivity contribution in [3.8, 4) is 11.5 Å². The molecule has 1 heterocycles. The van der Waals surface area contributed by atoms with Crippen molar-refractivity contribution in [2.45, 2.75) is 25.3 Å². The average molecular weight is 427 g/mol. The summed E-state index contributed by atoms with van der Waals surface area (Å²) in [4.78, 5) is 12.8. The van der Waals surface area contributed by atoms with Crippen LogP contribution in [0.15, 0.2) is 36.4 Å². The van der Waals surface area contributed by atoms with Gasteiger partial charge in [-0.1, -0.05) is 6.07 Å². The fraction of sp³-hybridized carbons (Fsp3) is 0.381. The summed E-state index contributed by atoms with van der Waals surface area (Å²) < 4.78 is 37.7. The van der Waals surface area contributed by atoms with E-state index in [1.165, 1.54) is 13.2 Å². The van der Waals surface area contributed by atoms with Crippen molar-refractivity contribution in [3.63, 3.8) is 0 Å². The first-order valence-electron chi connectivity index (χ1n) is 9.30. The number of halogens is 3. The smallest absolute Gasteiger partial charge is 0.251 e. The third-order valence-corrected chi connectivity index (χ3v) is 4.90. The molecule has 2 unspecified atom stereocenters. The van der Waals surface area contributed by atoms with E-state index in [4.69, 9.17) is 9.47 Å². The Morgan fingerprint density at radius 2 is 1.97 bits per heavy atom. The van der Waals surface area contributed by atoms with Crippen LogP contribution in [-0.2, 0) is 0 Å². The van der Waals surface area contributed by atoms with E-state index in [0.717, 1.165) is 12.6 Å². The van der Waals surface area contributed by atoms with Gasteiger partial charge in [-0.25, -0.2) is 8.78 Å². The van der Waals surface area contributed by atoms with E-state index in [1.807, 2.05) is 6.92 Å². The van der Waals surface area contributed by atoms with Gasteiger partial charge in [0.15, 0.2) is 23.1 Å². The van der Waals surface area contributed by atoms with Crippen molar-refractivity contribution in [3.05, 3.63) is 59.2 Å². The van der Waals surface area contributed by atoms with Gasteiger partial charge in [-0.3, -0.25) is 4.79 Å². The number of benzene rings is 2. The molecule has 1 saturated heterocycles. The predicted octanol–water partition coefficient (Wildman–Crippen LogP) is 3.67. The van der Waals surface area contributed by atoms with Gasteiger partial charge in [0.1, 0.15) is 0 Å². The number of rotatable bonds is 6. The van der Waals surface area contributed by atoms with Crippen LogP contribution in [0.5, 0.6) is 11.5 Å². The molecule has 2 N–H and O–H groups in total. The first-order chi connectivity index (χ1) is 13.5. The van der Waals surface area contributed by atoms with Gasteiger partial charge in [0.25, 0.3) is 5.91 Å². The number of carbonyl (C=O) groups is 1. The number of piperidine rings is 1. The number of methoxy groups -OCH3 is 1. The molecule has 0 saturated carbocycles. The number of hydrogen-bond donors (Lipinski definition) is 2. The van der Waals surface area contributed by atoms with Crippen LogP contribution in [0.4, 0.5) is 8.78 Å². The second kappa shape index (κ2) is 10.4. The summed E-state index contributed by atoms with van der Waals surface area (Å²) in [6.45, 7) is 3.65. The SMILES string of the molecule is CCOc1ccc(C(=O)NC2CNCCC2c2ccc(F)c(F)c2)cc1OC.Cl. The molecule has 1 amide bonds.